The summed E-state index contributed by atoms with van der Waals surface area (Å²) < 4.78 is 4.67. The Morgan fingerprint density at radius 3 is 2.71 bits per heavy atom. The fourth-order valence-electron chi connectivity index (χ4n) is 1.82. The Morgan fingerprint density at radius 2 is 2.00 bits per heavy atom. The van der Waals surface area contributed by atoms with Crippen LogP contribution in [0.2, 0.25) is 0 Å². The van der Waals surface area contributed by atoms with Crippen LogP contribution in [0, 0.1) is 13.8 Å². The van der Waals surface area contributed by atoms with Crippen molar-refractivity contribution in [2.24, 2.45) is 0 Å². The molecule has 1 aromatic carbocycles. The number of H-pyrrole nitrogens is 1. The van der Waals surface area contributed by atoms with E-state index in [1.807, 2.05) is 12.3 Å². The SMILES string of the molecule is COC(=O)c1cc(-c2cc(C)ccc2C)c[nH]1. The molecule has 1 heterocycles. The van der Waals surface area contributed by atoms with Gasteiger partial charge in [0.25, 0.3) is 0 Å². The van der Waals surface area contributed by atoms with E-state index in [0.29, 0.717) is 5.69 Å². The summed E-state index contributed by atoms with van der Waals surface area (Å²) in [5.41, 5.74) is 5.00. The molecule has 17 heavy (non-hydrogen) atoms. The van der Waals surface area contributed by atoms with E-state index >= 15 is 0 Å². The van der Waals surface area contributed by atoms with Crippen LogP contribution in [-0.4, -0.2) is 18.1 Å². The van der Waals surface area contributed by atoms with Crippen LogP contribution < -0.4 is 0 Å². The van der Waals surface area contributed by atoms with Crippen molar-refractivity contribution in [1.82, 2.24) is 4.98 Å². The van der Waals surface area contributed by atoms with Crippen LogP contribution in [0.15, 0.2) is 30.5 Å². The van der Waals surface area contributed by atoms with E-state index in [4.69, 9.17) is 0 Å². The first-order valence-corrected chi connectivity index (χ1v) is 5.46. The molecule has 2 rings (SSSR count). The average Bonchev–Trinajstić information content (AvgIpc) is 2.80. The first-order valence-electron chi connectivity index (χ1n) is 5.46. The van der Waals surface area contributed by atoms with Gasteiger partial charge in [-0.2, -0.15) is 0 Å². The minimum absolute atomic E-state index is 0.346. The topological polar surface area (TPSA) is 42.1 Å². The Hall–Kier alpha value is -2.03. The van der Waals surface area contributed by atoms with Crippen LogP contribution >= 0.6 is 0 Å². The Morgan fingerprint density at radius 1 is 1.24 bits per heavy atom. The van der Waals surface area contributed by atoms with Crippen molar-refractivity contribution < 1.29 is 9.53 Å². The first kappa shape index (κ1) is 11.5. The van der Waals surface area contributed by atoms with E-state index in [-0.39, 0.29) is 5.97 Å². The molecule has 3 heteroatoms. The molecule has 1 N–H and O–H groups in total. The molecule has 0 amide bonds. The smallest absolute Gasteiger partial charge is 0.354 e. The zero-order chi connectivity index (χ0) is 12.4. The van der Waals surface area contributed by atoms with E-state index in [2.05, 4.69) is 41.8 Å². The largest absolute Gasteiger partial charge is 0.464 e. The standard InChI is InChI=1S/C14H15NO2/c1-9-4-5-10(2)12(6-9)11-7-13(15-8-11)14(16)17-3/h4-8,15H,1-3H3. The maximum Gasteiger partial charge on any atom is 0.354 e. The molecule has 0 fully saturated rings. The van der Waals surface area contributed by atoms with Gasteiger partial charge in [-0.15, -0.1) is 0 Å². The molecule has 1 aromatic heterocycles. The number of hydrogen-bond acceptors (Lipinski definition) is 2. The van der Waals surface area contributed by atoms with Gasteiger partial charge < -0.3 is 9.72 Å². The first-order chi connectivity index (χ1) is 8.11. The minimum atomic E-state index is -0.346. The van der Waals surface area contributed by atoms with Gasteiger partial charge >= 0.3 is 5.97 Å². The van der Waals surface area contributed by atoms with Crippen LogP contribution in [0.3, 0.4) is 0 Å². The van der Waals surface area contributed by atoms with Crippen molar-refractivity contribution in [3.8, 4) is 11.1 Å². The number of aryl methyl sites for hydroxylation is 2. The number of nitrogens with one attached hydrogen (secondary N) is 1. The predicted molar refractivity (Wildman–Crippen MR) is 67.0 cm³/mol. The molecule has 0 saturated heterocycles. The average molecular weight is 229 g/mol. The zero-order valence-corrected chi connectivity index (χ0v) is 10.2. The zero-order valence-electron chi connectivity index (χ0n) is 10.2. The van der Waals surface area contributed by atoms with Crippen molar-refractivity contribution in [2.45, 2.75) is 13.8 Å². The third-order valence-electron chi connectivity index (χ3n) is 2.79. The predicted octanol–water partition coefficient (Wildman–Crippen LogP) is 3.09. The van der Waals surface area contributed by atoms with Gasteiger partial charge in [0.1, 0.15) is 5.69 Å². The van der Waals surface area contributed by atoms with Crippen molar-refractivity contribution in [1.29, 1.82) is 0 Å². The molecule has 0 bridgehead atoms. The van der Waals surface area contributed by atoms with Gasteiger partial charge in [0.2, 0.25) is 0 Å². The number of methoxy groups -OCH3 is 1. The Labute approximate surface area is 100 Å². The molecule has 0 aliphatic heterocycles. The van der Waals surface area contributed by atoms with Gasteiger partial charge in [-0.1, -0.05) is 23.8 Å². The van der Waals surface area contributed by atoms with Gasteiger partial charge in [0.15, 0.2) is 0 Å². The lowest BCUT2D eigenvalue weighted by Crippen LogP contribution is -2.00. The Bertz CT molecular complexity index is 555. The van der Waals surface area contributed by atoms with Gasteiger partial charge in [-0.05, 0) is 31.0 Å². The lowest BCUT2D eigenvalue weighted by Gasteiger charge is -2.04. The van der Waals surface area contributed by atoms with E-state index in [1.54, 1.807) is 0 Å². The molecule has 0 spiro atoms. The maximum absolute atomic E-state index is 11.4. The monoisotopic (exact) mass is 229 g/mol. The lowest BCUT2D eigenvalue weighted by atomic mass is 10.0. The summed E-state index contributed by atoms with van der Waals surface area (Å²) in [5.74, 6) is -0.346. The highest BCUT2D eigenvalue weighted by Gasteiger charge is 2.10. The van der Waals surface area contributed by atoms with E-state index in [9.17, 15) is 4.79 Å². The summed E-state index contributed by atoms with van der Waals surface area (Å²) in [5, 5.41) is 0. The van der Waals surface area contributed by atoms with Crippen LogP contribution in [0.1, 0.15) is 21.6 Å². The van der Waals surface area contributed by atoms with Crippen LogP contribution in [0.5, 0.6) is 0 Å². The van der Waals surface area contributed by atoms with E-state index in [0.717, 1.165) is 11.1 Å². The number of benzene rings is 1. The number of ether oxygens (including phenoxy) is 1. The third-order valence-corrected chi connectivity index (χ3v) is 2.79. The second kappa shape index (κ2) is 4.45. The van der Waals surface area contributed by atoms with Crippen molar-refractivity contribution in [3.63, 3.8) is 0 Å². The van der Waals surface area contributed by atoms with Gasteiger partial charge in [-0.25, -0.2) is 4.79 Å². The molecular weight excluding hydrogens is 214 g/mol. The molecule has 0 saturated carbocycles. The summed E-state index contributed by atoms with van der Waals surface area (Å²) in [4.78, 5) is 14.3. The number of esters is 1. The van der Waals surface area contributed by atoms with E-state index < -0.39 is 0 Å². The molecule has 0 aliphatic rings. The second-order valence-corrected chi connectivity index (χ2v) is 4.11. The van der Waals surface area contributed by atoms with Crippen molar-refractivity contribution in [2.75, 3.05) is 7.11 Å². The van der Waals surface area contributed by atoms with E-state index in [1.165, 1.54) is 18.2 Å². The normalized spacial score (nSPS) is 10.3. The molecule has 0 unspecified atom stereocenters. The van der Waals surface area contributed by atoms with Crippen LogP contribution in [0.25, 0.3) is 11.1 Å². The summed E-state index contributed by atoms with van der Waals surface area (Å²) in [6.07, 6.45) is 1.83. The van der Waals surface area contributed by atoms with Gasteiger partial charge in [-0.3, -0.25) is 0 Å². The summed E-state index contributed by atoms with van der Waals surface area (Å²) in [6.45, 7) is 4.11. The molecule has 3 nitrogen and oxygen atoms in total. The molecule has 0 radical (unpaired) electrons. The van der Waals surface area contributed by atoms with Gasteiger partial charge in [0.05, 0.1) is 7.11 Å². The summed E-state index contributed by atoms with van der Waals surface area (Å²) in [6, 6.07) is 8.08. The number of carbonyl (C=O) groups excluding carboxylic acids is 1. The Balaban J connectivity index is 2.43. The number of aromatic nitrogens is 1. The van der Waals surface area contributed by atoms with Gasteiger partial charge in [0, 0.05) is 11.8 Å². The number of aromatic amines is 1. The van der Waals surface area contributed by atoms with Crippen LogP contribution in [-0.2, 0) is 4.74 Å². The van der Waals surface area contributed by atoms with Crippen molar-refractivity contribution in [3.05, 3.63) is 47.3 Å². The second-order valence-electron chi connectivity index (χ2n) is 4.11. The highest BCUT2D eigenvalue weighted by molar-refractivity contribution is 5.89. The third kappa shape index (κ3) is 2.23. The minimum Gasteiger partial charge on any atom is -0.464 e. The lowest BCUT2D eigenvalue weighted by molar-refractivity contribution is 0.0595. The summed E-state index contributed by atoms with van der Waals surface area (Å²) >= 11 is 0. The van der Waals surface area contributed by atoms with Crippen molar-refractivity contribution >= 4 is 5.97 Å². The number of hydrogen-bond donors (Lipinski definition) is 1. The fraction of sp³-hybridized carbons (Fsp3) is 0.214. The molecule has 0 atom stereocenters. The molecule has 0 aliphatic carbocycles. The maximum atomic E-state index is 11.4. The quantitative estimate of drug-likeness (QED) is 0.804. The highest BCUT2D eigenvalue weighted by atomic mass is 16.5. The molecule has 88 valence electrons. The van der Waals surface area contributed by atoms with Crippen LogP contribution in [0.4, 0.5) is 0 Å². The Kier molecular flexibility index (Phi) is 3.00. The summed E-state index contributed by atoms with van der Waals surface area (Å²) in [7, 11) is 1.38. The molecular formula is C14H15NO2. The number of carbonyl (C=O) groups is 1. The molecule has 2 aromatic rings. The highest BCUT2D eigenvalue weighted by Crippen LogP contribution is 2.25. The number of rotatable bonds is 2. The fourth-order valence-corrected chi connectivity index (χ4v) is 1.82.